The zero-order valence-electron chi connectivity index (χ0n) is 17.1. The van der Waals surface area contributed by atoms with Gasteiger partial charge in [-0.15, -0.1) is 11.3 Å². The molecule has 0 fully saturated rings. The van der Waals surface area contributed by atoms with Gasteiger partial charge in [-0.3, -0.25) is 9.78 Å². The molecular formula is C23H21N3O4S. The molecule has 31 heavy (non-hydrogen) atoms. The van der Waals surface area contributed by atoms with Crippen molar-refractivity contribution in [2.45, 2.75) is 12.6 Å². The summed E-state index contributed by atoms with van der Waals surface area (Å²) in [5.41, 5.74) is 2.73. The van der Waals surface area contributed by atoms with Crippen LogP contribution in [0.1, 0.15) is 27.7 Å². The third kappa shape index (κ3) is 4.44. The number of amides is 1. The maximum absolute atomic E-state index is 13.0. The number of esters is 1. The van der Waals surface area contributed by atoms with Gasteiger partial charge in [-0.2, -0.15) is 0 Å². The number of pyridine rings is 1. The normalized spacial score (nSPS) is 11.8. The number of carbonyl (C=O) groups excluding carboxylic acids is 2. The van der Waals surface area contributed by atoms with Crippen LogP contribution in [0, 0.1) is 0 Å². The fraction of sp³-hybridized carbons (Fsp3) is 0.174. The standard InChI is InChI=1S/C23H21N3O4S/c1-26-18-9-11-31-20(18)12-19(26)23(28)30-21(16-4-3-10-24-14-16)22(27)25-13-15-5-7-17(29-2)8-6-15/h3-12,14,21H,13H2,1-2H3,(H,25,27). The van der Waals surface area contributed by atoms with E-state index in [0.717, 1.165) is 21.5 Å². The van der Waals surface area contributed by atoms with E-state index in [-0.39, 0.29) is 6.54 Å². The van der Waals surface area contributed by atoms with E-state index >= 15 is 0 Å². The highest BCUT2D eigenvalue weighted by Crippen LogP contribution is 2.26. The first kappa shape index (κ1) is 20.6. The summed E-state index contributed by atoms with van der Waals surface area (Å²) in [7, 11) is 3.40. The topological polar surface area (TPSA) is 82.5 Å². The number of thiophene rings is 1. The molecule has 0 radical (unpaired) electrons. The number of hydrogen-bond donors (Lipinski definition) is 1. The third-order valence-electron chi connectivity index (χ3n) is 4.95. The van der Waals surface area contributed by atoms with Gasteiger partial charge in [0, 0.05) is 31.5 Å². The fourth-order valence-corrected chi connectivity index (χ4v) is 4.09. The van der Waals surface area contributed by atoms with E-state index in [1.54, 1.807) is 54.5 Å². The van der Waals surface area contributed by atoms with Crippen LogP contribution in [0.3, 0.4) is 0 Å². The summed E-state index contributed by atoms with van der Waals surface area (Å²) in [6.45, 7) is 0.289. The molecule has 4 rings (SSSR count). The molecule has 1 N–H and O–H groups in total. The largest absolute Gasteiger partial charge is 0.497 e. The van der Waals surface area contributed by atoms with Crippen molar-refractivity contribution < 1.29 is 19.1 Å². The van der Waals surface area contributed by atoms with Crippen LogP contribution in [-0.2, 0) is 23.1 Å². The first-order valence-electron chi connectivity index (χ1n) is 9.61. The Balaban J connectivity index is 1.52. The number of nitrogens with zero attached hydrogens (tertiary/aromatic N) is 2. The summed E-state index contributed by atoms with van der Waals surface area (Å²) >= 11 is 1.54. The van der Waals surface area contributed by atoms with Gasteiger partial charge in [-0.05, 0) is 41.3 Å². The molecule has 1 unspecified atom stereocenters. The number of carbonyl (C=O) groups is 2. The van der Waals surface area contributed by atoms with Gasteiger partial charge >= 0.3 is 5.97 Å². The van der Waals surface area contributed by atoms with Crippen molar-refractivity contribution in [3.63, 3.8) is 0 Å². The summed E-state index contributed by atoms with van der Waals surface area (Å²) in [6.07, 6.45) is 2.00. The molecule has 158 valence electrons. The molecule has 7 nitrogen and oxygen atoms in total. The zero-order chi connectivity index (χ0) is 21.8. The first-order valence-corrected chi connectivity index (χ1v) is 10.5. The van der Waals surface area contributed by atoms with Gasteiger partial charge in [0.25, 0.3) is 5.91 Å². The van der Waals surface area contributed by atoms with E-state index < -0.39 is 18.0 Å². The van der Waals surface area contributed by atoms with Crippen LogP contribution >= 0.6 is 11.3 Å². The van der Waals surface area contributed by atoms with E-state index in [0.29, 0.717) is 11.3 Å². The minimum Gasteiger partial charge on any atom is -0.497 e. The Labute approximate surface area is 183 Å². The molecule has 3 heterocycles. The molecule has 8 heteroatoms. The molecule has 1 aromatic carbocycles. The maximum Gasteiger partial charge on any atom is 0.356 e. The molecule has 0 aliphatic carbocycles. The lowest BCUT2D eigenvalue weighted by molar-refractivity contribution is -0.130. The Kier molecular flexibility index (Phi) is 5.99. The summed E-state index contributed by atoms with van der Waals surface area (Å²) in [4.78, 5) is 29.9. The van der Waals surface area contributed by atoms with E-state index in [9.17, 15) is 9.59 Å². The first-order chi connectivity index (χ1) is 15.1. The van der Waals surface area contributed by atoms with E-state index in [1.165, 1.54) is 6.20 Å². The lowest BCUT2D eigenvalue weighted by Crippen LogP contribution is -2.32. The summed E-state index contributed by atoms with van der Waals surface area (Å²) in [6, 6.07) is 14.5. The molecule has 3 aromatic heterocycles. The molecule has 0 saturated carbocycles. The Morgan fingerprint density at radius 2 is 2.00 bits per heavy atom. The molecule has 4 aromatic rings. The summed E-state index contributed by atoms with van der Waals surface area (Å²) < 4.78 is 13.6. The number of aromatic nitrogens is 2. The number of benzene rings is 1. The molecule has 0 spiro atoms. The van der Waals surface area contributed by atoms with Crippen molar-refractivity contribution in [1.82, 2.24) is 14.9 Å². The number of hydrogen-bond acceptors (Lipinski definition) is 6. The lowest BCUT2D eigenvalue weighted by atomic mass is 10.1. The van der Waals surface area contributed by atoms with Crippen LogP contribution in [-0.4, -0.2) is 28.5 Å². The number of aryl methyl sites for hydroxylation is 1. The van der Waals surface area contributed by atoms with Crippen LogP contribution in [0.25, 0.3) is 10.2 Å². The van der Waals surface area contributed by atoms with Crippen molar-refractivity contribution >= 4 is 33.4 Å². The van der Waals surface area contributed by atoms with Crippen molar-refractivity contribution in [1.29, 1.82) is 0 Å². The Morgan fingerprint density at radius 3 is 2.68 bits per heavy atom. The third-order valence-corrected chi connectivity index (χ3v) is 5.80. The predicted octanol–water partition coefficient (Wildman–Crippen LogP) is 3.86. The van der Waals surface area contributed by atoms with Gasteiger partial charge < -0.3 is 19.4 Å². The number of ether oxygens (including phenoxy) is 2. The van der Waals surface area contributed by atoms with E-state index in [4.69, 9.17) is 9.47 Å². The van der Waals surface area contributed by atoms with Gasteiger partial charge in [0.2, 0.25) is 6.10 Å². The average molecular weight is 436 g/mol. The lowest BCUT2D eigenvalue weighted by Gasteiger charge is -2.18. The van der Waals surface area contributed by atoms with Crippen LogP contribution in [0.4, 0.5) is 0 Å². The van der Waals surface area contributed by atoms with Gasteiger partial charge in [-0.25, -0.2) is 4.79 Å². The zero-order valence-corrected chi connectivity index (χ0v) is 17.9. The second-order valence-electron chi connectivity index (χ2n) is 6.90. The number of methoxy groups -OCH3 is 1. The molecule has 1 amide bonds. The van der Waals surface area contributed by atoms with Gasteiger partial charge in [-0.1, -0.05) is 18.2 Å². The minimum absolute atomic E-state index is 0.289. The summed E-state index contributed by atoms with van der Waals surface area (Å²) in [5, 5.41) is 4.80. The minimum atomic E-state index is -1.12. The number of nitrogens with one attached hydrogen (secondary N) is 1. The highest BCUT2D eigenvalue weighted by atomic mass is 32.1. The molecular weight excluding hydrogens is 414 g/mol. The van der Waals surface area contributed by atoms with Gasteiger partial charge in [0.1, 0.15) is 11.4 Å². The molecule has 0 saturated heterocycles. The average Bonchev–Trinajstić information content (AvgIpc) is 3.39. The molecule has 0 aliphatic rings. The number of fused-ring (bicyclic) bond motifs is 1. The van der Waals surface area contributed by atoms with Crippen LogP contribution in [0.2, 0.25) is 0 Å². The van der Waals surface area contributed by atoms with Gasteiger partial charge in [0.05, 0.1) is 17.3 Å². The predicted molar refractivity (Wildman–Crippen MR) is 118 cm³/mol. The van der Waals surface area contributed by atoms with Crippen molar-refractivity contribution in [2.24, 2.45) is 7.05 Å². The van der Waals surface area contributed by atoms with Crippen molar-refractivity contribution in [2.75, 3.05) is 7.11 Å². The summed E-state index contributed by atoms with van der Waals surface area (Å²) in [5.74, 6) is -0.257. The van der Waals surface area contributed by atoms with Crippen LogP contribution < -0.4 is 10.1 Å². The Bertz CT molecular complexity index is 1200. The second kappa shape index (κ2) is 9.01. The SMILES string of the molecule is COc1ccc(CNC(=O)C(OC(=O)c2cc3sccc3n2C)c2cccnc2)cc1. The Hall–Kier alpha value is -3.65. The van der Waals surface area contributed by atoms with Gasteiger partial charge in [0.15, 0.2) is 0 Å². The van der Waals surface area contributed by atoms with Crippen molar-refractivity contribution in [3.8, 4) is 5.75 Å². The highest BCUT2D eigenvalue weighted by molar-refractivity contribution is 7.17. The monoisotopic (exact) mass is 435 g/mol. The second-order valence-corrected chi connectivity index (χ2v) is 7.84. The highest BCUT2D eigenvalue weighted by Gasteiger charge is 2.27. The van der Waals surface area contributed by atoms with E-state index in [2.05, 4.69) is 10.3 Å². The van der Waals surface area contributed by atoms with Crippen LogP contribution in [0.5, 0.6) is 5.75 Å². The van der Waals surface area contributed by atoms with Crippen molar-refractivity contribution in [3.05, 3.63) is 83.1 Å². The van der Waals surface area contributed by atoms with Crippen LogP contribution in [0.15, 0.2) is 66.3 Å². The quantitative estimate of drug-likeness (QED) is 0.446. The molecule has 0 bridgehead atoms. The Morgan fingerprint density at radius 1 is 1.19 bits per heavy atom. The molecule has 0 aliphatic heterocycles. The molecule has 1 atom stereocenters. The fourth-order valence-electron chi connectivity index (χ4n) is 3.24. The maximum atomic E-state index is 13.0. The van der Waals surface area contributed by atoms with E-state index in [1.807, 2.05) is 35.7 Å². The smallest absolute Gasteiger partial charge is 0.356 e. The number of rotatable bonds is 7.